The highest BCUT2D eigenvalue weighted by Crippen LogP contribution is 2.36. The largest absolute Gasteiger partial charge is 0.417 e. The summed E-state index contributed by atoms with van der Waals surface area (Å²) in [4.78, 5) is 11.4. The molecule has 0 radical (unpaired) electrons. The number of benzene rings is 1. The van der Waals surface area contributed by atoms with Crippen LogP contribution in [0.5, 0.6) is 0 Å². The second-order valence-electron chi connectivity index (χ2n) is 3.55. The second-order valence-corrected chi connectivity index (χ2v) is 4.40. The van der Waals surface area contributed by atoms with E-state index in [9.17, 15) is 18.0 Å². The maximum atomic E-state index is 12.6. The fraction of sp³-hybridized carbons (Fsp3) is 0.250. The van der Waals surface area contributed by atoms with Gasteiger partial charge in [-0.2, -0.15) is 13.2 Å². The van der Waals surface area contributed by atoms with Crippen LogP contribution in [-0.2, 0) is 11.0 Å². The minimum Gasteiger partial charge on any atom is -0.325 e. The van der Waals surface area contributed by atoms with Crippen molar-refractivity contribution in [2.45, 2.75) is 6.18 Å². The minimum absolute atomic E-state index is 0.0678. The Morgan fingerprint density at radius 2 is 2.11 bits per heavy atom. The lowest BCUT2D eigenvalue weighted by atomic mass is 10.2. The number of nitrogens with one attached hydrogen (secondary N) is 2. The van der Waals surface area contributed by atoms with Crippen molar-refractivity contribution in [3.05, 3.63) is 28.2 Å². The van der Waals surface area contributed by atoms with Crippen molar-refractivity contribution < 1.29 is 18.0 Å². The minimum atomic E-state index is -4.48. The molecule has 0 spiro atoms. The van der Waals surface area contributed by atoms with Crippen LogP contribution in [0.1, 0.15) is 5.56 Å². The van der Waals surface area contributed by atoms with Crippen LogP contribution in [0.4, 0.5) is 18.9 Å². The maximum Gasteiger partial charge on any atom is 0.417 e. The van der Waals surface area contributed by atoms with Crippen molar-refractivity contribution in [3.8, 4) is 12.3 Å². The van der Waals surface area contributed by atoms with Gasteiger partial charge >= 0.3 is 6.18 Å². The highest BCUT2D eigenvalue weighted by molar-refractivity contribution is 9.10. The van der Waals surface area contributed by atoms with Gasteiger partial charge in [0.05, 0.1) is 18.7 Å². The molecule has 0 aliphatic heterocycles. The van der Waals surface area contributed by atoms with Crippen LogP contribution in [0.25, 0.3) is 0 Å². The Labute approximate surface area is 116 Å². The van der Waals surface area contributed by atoms with E-state index in [2.05, 4.69) is 32.5 Å². The van der Waals surface area contributed by atoms with Gasteiger partial charge in [0.15, 0.2) is 0 Å². The van der Waals surface area contributed by atoms with Gasteiger partial charge in [-0.05, 0) is 18.2 Å². The number of alkyl halides is 3. The molecule has 102 valence electrons. The summed E-state index contributed by atoms with van der Waals surface area (Å²) in [6.45, 7) is 0.142. The smallest absolute Gasteiger partial charge is 0.325 e. The predicted molar refractivity (Wildman–Crippen MR) is 69.5 cm³/mol. The van der Waals surface area contributed by atoms with E-state index in [4.69, 9.17) is 6.42 Å². The van der Waals surface area contributed by atoms with E-state index in [1.54, 1.807) is 0 Å². The third kappa shape index (κ3) is 4.93. The van der Waals surface area contributed by atoms with Gasteiger partial charge in [0, 0.05) is 10.2 Å². The first-order valence-corrected chi connectivity index (χ1v) is 5.94. The van der Waals surface area contributed by atoms with Crippen LogP contribution in [0, 0.1) is 12.3 Å². The summed E-state index contributed by atoms with van der Waals surface area (Å²) in [6, 6.07) is 3.47. The molecular formula is C12H10BrF3N2O. The van der Waals surface area contributed by atoms with Crippen molar-refractivity contribution in [3.63, 3.8) is 0 Å². The van der Waals surface area contributed by atoms with Crippen molar-refractivity contribution >= 4 is 27.5 Å². The third-order valence-electron chi connectivity index (χ3n) is 2.07. The molecule has 2 N–H and O–H groups in total. The number of hydrogen-bond donors (Lipinski definition) is 2. The average molecular weight is 335 g/mol. The molecule has 3 nitrogen and oxygen atoms in total. The lowest BCUT2D eigenvalue weighted by Gasteiger charge is -2.12. The van der Waals surface area contributed by atoms with E-state index < -0.39 is 17.6 Å². The number of hydrogen-bond acceptors (Lipinski definition) is 2. The van der Waals surface area contributed by atoms with E-state index in [1.165, 1.54) is 12.1 Å². The van der Waals surface area contributed by atoms with Gasteiger partial charge in [0.25, 0.3) is 0 Å². The molecule has 0 atom stereocenters. The Bertz CT molecular complexity index is 509. The Morgan fingerprint density at radius 1 is 1.42 bits per heavy atom. The van der Waals surface area contributed by atoms with Crippen LogP contribution in [0.2, 0.25) is 0 Å². The van der Waals surface area contributed by atoms with E-state index in [1.807, 2.05) is 0 Å². The number of carbonyl (C=O) groups is 1. The lowest BCUT2D eigenvalue weighted by molar-refractivity contribution is -0.138. The number of halogens is 4. The molecule has 0 aromatic heterocycles. The summed E-state index contributed by atoms with van der Waals surface area (Å²) < 4.78 is 37.8. The van der Waals surface area contributed by atoms with E-state index in [0.29, 0.717) is 0 Å². The fourth-order valence-corrected chi connectivity index (χ4v) is 1.75. The molecule has 0 bridgehead atoms. The van der Waals surface area contributed by atoms with Crippen LogP contribution >= 0.6 is 15.9 Å². The molecule has 0 saturated heterocycles. The van der Waals surface area contributed by atoms with Gasteiger partial charge in [0.2, 0.25) is 5.91 Å². The predicted octanol–water partition coefficient (Wildman–Crippen LogP) is 2.63. The summed E-state index contributed by atoms with van der Waals surface area (Å²) in [5.74, 6) is 1.81. The normalized spacial score (nSPS) is 10.9. The second kappa shape index (κ2) is 6.59. The highest BCUT2D eigenvalue weighted by Gasteiger charge is 2.33. The summed E-state index contributed by atoms with van der Waals surface area (Å²) >= 11 is 2.82. The Balaban J connectivity index is 2.75. The number of amides is 1. The van der Waals surface area contributed by atoms with Crippen molar-refractivity contribution in [1.82, 2.24) is 5.32 Å². The first-order valence-electron chi connectivity index (χ1n) is 5.15. The third-order valence-corrected chi connectivity index (χ3v) is 2.76. The van der Waals surface area contributed by atoms with Crippen molar-refractivity contribution in [2.24, 2.45) is 0 Å². The number of terminal acetylenes is 1. The Hall–Kier alpha value is -1.52. The van der Waals surface area contributed by atoms with Gasteiger partial charge in [0.1, 0.15) is 0 Å². The van der Waals surface area contributed by atoms with Gasteiger partial charge in [-0.3, -0.25) is 10.1 Å². The SMILES string of the molecule is C#CCNCC(=O)Nc1ccc(Br)c(C(F)(F)F)c1. The molecule has 1 amide bonds. The van der Waals surface area contributed by atoms with Gasteiger partial charge in [-0.15, -0.1) is 6.42 Å². The number of carbonyl (C=O) groups excluding carboxylic acids is 1. The topological polar surface area (TPSA) is 41.1 Å². The molecule has 0 aliphatic carbocycles. The number of anilines is 1. The molecule has 1 aromatic carbocycles. The molecule has 0 saturated carbocycles. The monoisotopic (exact) mass is 334 g/mol. The number of rotatable bonds is 4. The molecule has 1 aromatic rings. The Kier molecular flexibility index (Phi) is 5.39. The van der Waals surface area contributed by atoms with E-state index in [0.717, 1.165) is 6.07 Å². The molecule has 0 aliphatic rings. The summed E-state index contributed by atoms with van der Waals surface area (Å²) in [5, 5.41) is 4.98. The molecular weight excluding hydrogens is 325 g/mol. The van der Waals surface area contributed by atoms with Crippen LogP contribution < -0.4 is 10.6 Å². The average Bonchev–Trinajstić information content (AvgIpc) is 2.30. The lowest BCUT2D eigenvalue weighted by Crippen LogP contribution is -2.28. The molecule has 7 heteroatoms. The quantitative estimate of drug-likeness (QED) is 0.656. The fourth-order valence-electron chi connectivity index (χ4n) is 1.27. The molecule has 19 heavy (non-hydrogen) atoms. The van der Waals surface area contributed by atoms with Crippen molar-refractivity contribution in [2.75, 3.05) is 18.4 Å². The summed E-state index contributed by atoms with van der Waals surface area (Å²) in [5.41, 5.74) is -0.773. The first-order chi connectivity index (χ1) is 8.84. The maximum absolute atomic E-state index is 12.6. The summed E-state index contributed by atoms with van der Waals surface area (Å²) in [6.07, 6.45) is 0.492. The molecule has 0 unspecified atom stereocenters. The zero-order valence-corrected chi connectivity index (χ0v) is 11.2. The standard InChI is InChI=1S/C12H10BrF3N2O/c1-2-5-17-7-11(19)18-8-3-4-10(13)9(6-8)12(14,15)16/h1,3-4,6,17H,5,7H2,(H,18,19). The van der Waals surface area contributed by atoms with Crippen LogP contribution in [-0.4, -0.2) is 19.0 Å². The van der Waals surface area contributed by atoms with Crippen LogP contribution in [0.3, 0.4) is 0 Å². The van der Waals surface area contributed by atoms with Gasteiger partial charge in [-0.1, -0.05) is 21.9 Å². The molecule has 1 rings (SSSR count). The zero-order chi connectivity index (χ0) is 14.5. The van der Waals surface area contributed by atoms with Gasteiger partial charge in [-0.25, -0.2) is 0 Å². The Morgan fingerprint density at radius 3 is 2.68 bits per heavy atom. The van der Waals surface area contributed by atoms with E-state index in [-0.39, 0.29) is 23.2 Å². The molecule has 0 heterocycles. The van der Waals surface area contributed by atoms with Crippen molar-refractivity contribution in [1.29, 1.82) is 0 Å². The van der Waals surface area contributed by atoms with Crippen LogP contribution in [0.15, 0.2) is 22.7 Å². The first kappa shape index (κ1) is 15.5. The zero-order valence-electron chi connectivity index (χ0n) is 9.64. The van der Waals surface area contributed by atoms with E-state index >= 15 is 0 Å². The summed E-state index contributed by atoms with van der Waals surface area (Å²) in [7, 11) is 0. The van der Waals surface area contributed by atoms with Gasteiger partial charge < -0.3 is 5.32 Å². The highest BCUT2D eigenvalue weighted by atomic mass is 79.9. The molecule has 0 fully saturated rings.